The van der Waals surface area contributed by atoms with Crippen molar-refractivity contribution in [3.05, 3.63) is 30.3 Å². The van der Waals surface area contributed by atoms with E-state index in [0.29, 0.717) is 6.42 Å². The Bertz CT molecular complexity index is 282. The first-order chi connectivity index (χ1) is 6.74. The normalized spacial score (nSPS) is 9.86. The van der Waals surface area contributed by atoms with Gasteiger partial charge in [-0.1, -0.05) is 18.2 Å². The molecule has 0 N–H and O–H groups in total. The van der Waals surface area contributed by atoms with Crippen LogP contribution >= 0.6 is 0 Å². The van der Waals surface area contributed by atoms with Gasteiger partial charge in [-0.25, -0.2) is 0 Å². The molecule has 1 rings (SSSR count). The molecule has 0 unspecified atom stereocenters. The Balaban J connectivity index is 2.58. The molecular formula is C12H17NO. The summed E-state index contributed by atoms with van der Waals surface area (Å²) in [6.07, 6.45) is 0.628. The van der Waals surface area contributed by atoms with Gasteiger partial charge in [-0.2, -0.15) is 0 Å². The lowest BCUT2D eigenvalue weighted by atomic mass is 10.2. The molecule has 0 heterocycles. The van der Waals surface area contributed by atoms with Crippen molar-refractivity contribution in [3.8, 4) is 0 Å². The number of rotatable bonds is 5. The topological polar surface area (TPSA) is 20.3 Å². The number of ketones is 1. The molecule has 14 heavy (non-hydrogen) atoms. The lowest BCUT2D eigenvalue weighted by Gasteiger charge is -2.22. The zero-order valence-electron chi connectivity index (χ0n) is 8.86. The van der Waals surface area contributed by atoms with E-state index in [1.54, 1.807) is 6.92 Å². The summed E-state index contributed by atoms with van der Waals surface area (Å²) < 4.78 is 0. The van der Waals surface area contributed by atoms with Crippen molar-refractivity contribution < 1.29 is 4.79 Å². The Hall–Kier alpha value is -1.31. The molecule has 2 nitrogen and oxygen atoms in total. The van der Waals surface area contributed by atoms with E-state index in [0.717, 1.165) is 13.1 Å². The van der Waals surface area contributed by atoms with Crippen molar-refractivity contribution in [2.24, 2.45) is 0 Å². The highest BCUT2D eigenvalue weighted by Gasteiger charge is 2.03. The maximum Gasteiger partial charge on any atom is 0.131 e. The van der Waals surface area contributed by atoms with Crippen molar-refractivity contribution in [2.75, 3.05) is 18.0 Å². The van der Waals surface area contributed by atoms with E-state index < -0.39 is 0 Å². The van der Waals surface area contributed by atoms with Crippen LogP contribution in [0.1, 0.15) is 20.3 Å². The molecule has 76 valence electrons. The molecule has 0 amide bonds. The molecule has 0 fully saturated rings. The predicted octanol–water partition coefficient (Wildman–Crippen LogP) is 2.49. The van der Waals surface area contributed by atoms with E-state index in [9.17, 15) is 4.79 Å². The molecule has 0 aliphatic carbocycles. The zero-order valence-corrected chi connectivity index (χ0v) is 8.86. The summed E-state index contributed by atoms with van der Waals surface area (Å²) in [5.74, 6) is 0.249. The Kier molecular flexibility index (Phi) is 4.17. The van der Waals surface area contributed by atoms with E-state index in [1.807, 2.05) is 18.2 Å². The molecule has 0 saturated heterocycles. The lowest BCUT2D eigenvalue weighted by Crippen LogP contribution is -2.25. The number of hydrogen-bond acceptors (Lipinski definition) is 2. The van der Waals surface area contributed by atoms with Crippen LogP contribution in [0, 0.1) is 0 Å². The van der Waals surface area contributed by atoms with Gasteiger partial charge in [0.1, 0.15) is 5.78 Å². The van der Waals surface area contributed by atoms with Gasteiger partial charge in [-0.3, -0.25) is 4.79 Å². The molecular weight excluding hydrogens is 174 g/mol. The summed E-state index contributed by atoms with van der Waals surface area (Å²) in [5, 5.41) is 0. The van der Waals surface area contributed by atoms with Gasteiger partial charge in [-0.05, 0) is 26.0 Å². The summed E-state index contributed by atoms with van der Waals surface area (Å²) in [6.45, 7) is 5.50. The van der Waals surface area contributed by atoms with Crippen LogP contribution in [-0.2, 0) is 4.79 Å². The fourth-order valence-electron chi connectivity index (χ4n) is 1.40. The van der Waals surface area contributed by atoms with Crippen molar-refractivity contribution >= 4 is 11.5 Å². The number of nitrogens with zero attached hydrogens (tertiary/aromatic N) is 1. The van der Waals surface area contributed by atoms with E-state index in [1.165, 1.54) is 5.69 Å². The number of anilines is 1. The number of carbonyl (C=O) groups is 1. The first-order valence-corrected chi connectivity index (χ1v) is 5.03. The third-order valence-corrected chi connectivity index (χ3v) is 2.24. The number of benzene rings is 1. The van der Waals surface area contributed by atoms with Crippen LogP contribution in [0.15, 0.2) is 30.3 Å². The van der Waals surface area contributed by atoms with E-state index >= 15 is 0 Å². The summed E-state index contributed by atoms with van der Waals surface area (Å²) >= 11 is 0. The Labute approximate surface area is 85.5 Å². The van der Waals surface area contributed by atoms with E-state index in [4.69, 9.17) is 0 Å². The number of hydrogen-bond donors (Lipinski definition) is 0. The summed E-state index contributed by atoms with van der Waals surface area (Å²) in [6, 6.07) is 10.2. The van der Waals surface area contributed by atoms with Gasteiger partial charge >= 0.3 is 0 Å². The van der Waals surface area contributed by atoms with E-state index in [-0.39, 0.29) is 5.78 Å². The predicted molar refractivity (Wildman–Crippen MR) is 59.6 cm³/mol. The van der Waals surface area contributed by atoms with Crippen molar-refractivity contribution in [1.82, 2.24) is 0 Å². The highest BCUT2D eigenvalue weighted by molar-refractivity contribution is 5.76. The average Bonchev–Trinajstić information content (AvgIpc) is 2.20. The summed E-state index contributed by atoms with van der Waals surface area (Å²) in [5.41, 5.74) is 1.19. The fraction of sp³-hybridized carbons (Fsp3) is 0.417. The second-order valence-electron chi connectivity index (χ2n) is 3.37. The third-order valence-electron chi connectivity index (χ3n) is 2.24. The summed E-state index contributed by atoms with van der Waals surface area (Å²) in [7, 11) is 0. The molecule has 1 aromatic carbocycles. The van der Waals surface area contributed by atoms with Crippen LogP contribution in [0.3, 0.4) is 0 Å². The second kappa shape index (κ2) is 5.43. The quantitative estimate of drug-likeness (QED) is 0.712. The fourth-order valence-corrected chi connectivity index (χ4v) is 1.40. The van der Waals surface area contributed by atoms with Crippen LogP contribution < -0.4 is 4.90 Å². The maximum absolute atomic E-state index is 10.9. The highest BCUT2D eigenvalue weighted by Crippen LogP contribution is 2.12. The van der Waals surface area contributed by atoms with Crippen LogP contribution in [0.4, 0.5) is 5.69 Å². The number of para-hydroxylation sites is 1. The minimum absolute atomic E-state index is 0.249. The van der Waals surface area contributed by atoms with Crippen molar-refractivity contribution in [2.45, 2.75) is 20.3 Å². The smallest absolute Gasteiger partial charge is 0.131 e. The number of carbonyl (C=O) groups excluding carboxylic acids is 1. The standard InChI is InChI=1S/C12H17NO/c1-3-13(10-9-11(2)14)12-7-5-4-6-8-12/h4-8H,3,9-10H2,1-2H3. The van der Waals surface area contributed by atoms with Gasteiger partial charge in [-0.15, -0.1) is 0 Å². The monoisotopic (exact) mass is 191 g/mol. The van der Waals surface area contributed by atoms with Crippen LogP contribution in [0.5, 0.6) is 0 Å². The van der Waals surface area contributed by atoms with Crippen LogP contribution in [-0.4, -0.2) is 18.9 Å². The van der Waals surface area contributed by atoms with Gasteiger partial charge < -0.3 is 4.90 Å². The van der Waals surface area contributed by atoms with Gasteiger partial charge in [0.15, 0.2) is 0 Å². The molecule has 0 aliphatic rings. The van der Waals surface area contributed by atoms with Gasteiger partial charge in [0.05, 0.1) is 0 Å². The molecule has 0 radical (unpaired) electrons. The zero-order chi connectivity index (χ0) is 10.4. The largest absolute Gasteiger partial charge is 0.371 e. The molecule has 0 atom stereocenters. The molecule has 1 aromatic rings. The molecule has 0 aliphatic heterocycles. The maximum atomic E-state index is 10.9. The van der Waals surface area contributed by atoms with Gasteiger partial charge in [0, 0.05) is 25.2 Å². The second-order valence-corrected chi connectivity index (χ2v) is 3.37. The SMILES string of the molecule is CCN(CCC(C)=O)c1ccccc1. The average molecular weight is 191 g/mol. The lowest BCUT2D eigenvalue weighted by molar-refractivity contribution is -0.116. The minimum Gasteiger partial charge on any atom is -0.371 e. The molecule has 0 saturated carbocycles. The highest BCUT2D eigenvalue weighted by atomic mass is 16.1. The summed E-state index contributed by atoms with van der Waals surface area (Å²) in [4.78, 5) is 13.1. The van der Waals surface area contributed by atoms with Crippen molar-refractivity contribution in [1.29, 1.82) is 0 Å². The van der Waals surface area contributed by atoms with Crippen molar-refractivity contribution in [3.63, 3.8) is 0 Å². The molecule has 2 heteroatoms. The Morgan fingerprint density at radius 2 is 1.93 bits per heavy atom. The molecule has 0 spiro atoms. The van der Waals surface area contributed by atoms with E-state index in [2.05, 4.69) is 24.0 Å². The van der Waals surface area contributed by atoms with Gasteiger partial charge in [0.2, 0.25) is 0 Å². The Morgan fingerprint density at radius 1 is 1.29 bits per heavy atom. The number of Topliss-reactive ketones (excluding diaryl/α,β-unsaturated/α-hetero) is 1. The molecule has 0 bridgehead atoms. The van der Waals surface area contributed by atoms with Crippen LogP contribution in [0.2, 0.25) is 0 Å². The first-order valence-electron chi connectivity index (χ1n) is 5.03. The van der Waals surface area contributed by atoms with Gasteiger partial charge in [0.25, 0.3) is 0 Å². The Morgan fingerprint density at radius 3 is 2.43 bits per heavy atom. The first kappa shape index (κ1) is 10.8. The third kappa shape index (κ3) is 3.21. The molecule has 0 aromatic heterocycles. The van der Waals surface area contributed by atoms with Crippen LogP contribution in [0.25, 0.3) is 0 Å². The minimum atomic E-state index is 0.249.